The third-order valence-electron chi connectivity index (χ3n) is 2.73. The van der Waals surface area contributed by atoms with Crippen molar-refractivity contribution in [3.8, 4) is 0 Å². The fourth-order valence-electron chi connectivity index (χ4n) is 1.45. The molecule has 0 aliphatic heterocycles. The molecule has 0 amide bonds. The first kappa shape index (κ1) is 17.0. The quantitative estimate of drug-likeness (QED) is 0.524. The molecule has 2 N–H and O–H groups in total. The van der Waals surface area contributed by atoms with Crippen molar-refractivity contribution in [2.24, 2.45) is 9.98 Å². The van der Waals surface area contributed by atoms with Gasteiger partial charge in [-0.2, -0.15) is 0 Å². The van der Waals surface area contributed by atoms with Gasteiger partial charge < -0.3 is 10.4 Å². The lowest BCUT2D eigenvalue weighted by molar-refractivity contribution is 0.360. The van der Waals surface area contributed by atoms with Crippen LogP contribution in [0.25, 0.3) is 0 Å². The van der Waals surface area contributed by atoms with Crippen molar-refractivity contribution in [1.29, 1.82) is 0 Å². The molecule has 18 heavy (non-hydrogen) atoms. The Morgan fingerprint density at radius 2 is 2.11 bits per heavy atom. The van der Waals surface area contributed by atoms with E-state index in [4.69, 9.17) is 5.11 Å². The topological polar surface area (TPSA) is 57.0 Å². The van der Waals surface area contributed by atoms with Crippen molar-refractivity contribution >= 4 is 19.7 Å². The van der Waals surface area contributed by atoms with Gasteiger partial charge in [0, 0.05) is 31.7 Å². The molecule has 0 bridgehead atoms. The normalized spacial score (nSPS) is 14.9. The van der Waals surface area contributed by atoms with Gasteiger partial charge in [0.2, 0.25) is 0 Å². The van der Waals surface area contributed by atoms with Crippen LogP contribution in [-0.2, 0) is 0 Å². The first-order chi connectivity index (χ1) is 8.60. The highest BCUT2D eigenvalue weighted by atomic mass is 31.1. The maximum Gasteiger partial charge on any atom is 0.0853 e. The Balaban J connectivity index is 4.44. The van der Waals surface area contributed by atoms with Crippen molar-refractivity contribution in [3.63, 3.8) is 0 Å². The molecule has 0 rings (SSSR count). The summed E-state index contributed by atoms with van der Waals surface area (Å²) in [6.45, 7) is 7.66. The zero-order chi connectivity index (χ0) is 14.0. The predicted octanol–water partition coefficient (Wildman–Crippen LogP) is 2.17. The van der Waals surface area contributed by atoms with E-state index in [9.17, 15) is 0 Å². The zero-order valence-corrected chi connectivity index (χ0v) is 12.7. The summed E-state index contributed by atoms with van der Waals surface area (Å²) in [5, 5.41) is 12.2. The third kappa shape index (κ3) is 6.08. The van der Waals surface area contributed by atoms with Gasteiger partial charge in [-0.1, -0.05) is 15.2 Å². The number of hydrogen-bond donors (Lipinski definition) is 2. The molecule has 0 saturated carbocycles. The largest absolute Gasteiger partial charge is 0.391 e. The Hall–Kier alpha value is -0.990. The maximum atomic E-state index is 9.09. The fourth-order valence-corrected chi connectivity index (χ4v) is 2.39. The number of aliphatic imine (C=N–C) groups is 2. The molecule has 0 radical (unpaired) electrons. The molecule has 1 unspecified atom stereocenters. The molecule has 0 aromatic rings. The SMILES string of the molecule is C=C/N=C(/CO)PCCC(=N/C)/C(C)=C(\C)NC. The minimum atomic E-state index is 0.00737. The van der Waals surface area contributed by atoms with Crippen LogP contribution in [0.5, 0.6) is 0 Å². The molecule has 0 aromatic carbocycles. The number of rotatable bonds is 8. The predicted molar refractivity (Wildman–Crippen MR) is 83.3 cm³/mol. The van der Waals surface area contributed by atoms with Gasteiger partial charge in [-0.3, -0.25) is 9.98 Å². The highest BCUT2D eigenvalue weighted by molar-refractivity contribution is 7.58. The van der Waals surface area contributed by atoms with E-state index >= 15 is 0 Å². The van der Waals surface area contributed by atoms with Crippen molar-refractivity contribution in [1.82, 2.24) is 5.32 Å². The summed E-state index contributed by atoms with van der Waals surface area (Å²) in [5.74, 6) is 0. The molecule has 0 aromatic heterocycles. The summed E-state index contributed by atoms with van der Waals surface area (Å²) in [6.07, 6.45) is 3.33. The van der Waals surface area contributed by atoms with E-state index in [2.05, 4.69) is 28.8 Å². The summed E-state index contributed by atoms with van der Waals surface area (Å²) in [7, 11) is 4.24. The number of allylic oxidation sites excluding steroid dienone is 2. The van der Waals surface area contributed by atoms with E-state index in [-0.39, 0.29) is 6.61 Å². The second kappa shape index (κ2) is 9.98. The number of hydrogen-bond acceptors (Lipinski definition) is 4. The Bertz CT molecular complexity index is 359. The highest BCUT2D eigenvalue weighted by Gasteiger charge is 2.05. The van der Waals surface area contributed by atoms with Gasteiger partial charge in [0.15, 0.2) is 0 Å². The van der Waals surface area contributed by atoms with Crippen LogP contribution in [0.1, 0.15) is 20.3 Å². The highest BCUT2D eigenvalue weighted by Crippen LogP contribution is 2.17. The van der Waals surface area contributed by atoms with Gasteiger partial charge in [0.25, 0.3) is 0 Å². The lowest BCUT2D eigenvalue weighted by Gasteiger charge is -2.10. The fraction of sp³-hybridized carbons (Fsp3) is 0.538. The van der Waals surface area contributed by atoms with E-state index in [0.717, 1.165) is 29.4 Å². The third-order valence-corrected chi connectivity index (χ3v) is 3.92. The van der Waals surface area contributed by atoms with Gasteiger partial charge in [-0.25, -0.2) is 0 Å². The van der Waals surface area contributed by atoms with Gasteiger partial charge in [0.05, 0.1) is 12.1 Å². The van der Waals surface area contributed by atoms with E-state index in [1.165, 1.54) is 11.8 Å². The van der Waals surface area contributed by atoms with Crippen molar-refractivity contribution < 1.29 is 5.11 Å². The molecule has 102 valence electrons. The second-order valence-corrected chi connectivity index (χ2v) is 5.19. The van der Waals surface area contributed by atoms with Gasteiger partial charge >= 0.3 is 0 Å². The van der Waals surface area contributed by atoms with Crippen molar-refractivity contribution in [3.05, 3.63) is 24.0 Å². The number of nitrogens with one attached hydrogen (secondary N) is 1. The number of aliphatic hydroxyl groups is 1. The zero-order valence-electron chi connectivity index (χ0n) is 11.7. The first-order valence-corrected chi connectivity index (χ1v) is 7.14. The van der Waals surface area contributed by atoms with Gasteiger partial charge in [-0.15, -0.1) is 0 Å². The molecular weight excluding hydrogens is 245 g/mol. The molecular formula is C13H24N3OP. The molecule has 0 aliphatic carbocycles. The van der Waals surface area contributed by atoms with Crippen LogP contribution in [-0.4, -0.2) is 43.1 Å². The Kier molecular flexibility index (Phi) is 9.43. The van der Waals surface area contributed by atoms with Gasteiger partial charge in [-0.05, 0) is 32.0 Å². The lowest BCUT2D eigenvalue weighted by Crippen LogP contribution is -2.12. The van der Waals surface area contributed by atoms with E-state index < -0.39 is 0 Å². The molecule has 0 heterocycles. The Morgan fingerprint density at radius 3 is 2.56 bits per heavy atom. The maximum absolute atomic E-state index is 9.09. The minimum Gasteiger partial charge on any atom is -0.391 e. The number of aliphatic hydroxyl groups excluding tert-OH is 1. The molecule has 1 atom stereocenters. The second-order valence-electron chi connectivity index (χ2n) is 3.76. The summed E-state index contributed by atoms with van der Waals surface area (Å²) < 4.78 is 0. The monoisotopic (exact) mass is 269 g/mol. The average molecular weight is 269 g/mol. The average Bonchev–Trinajstić information content (AvgIpc) is 2.40. The Morgan fingerprint density at radius 1 is 1.44 bits per heavy atom. The van der Waals surface area contributed by atoms with Crippen LogP contribution in [0.4, 0.5) is 0 Å². The molecule has 0 aliphatic rings. The van der Waals surface area contributed by atoms with Crippen LogP contribution < -0.4 is 5.32 Å². The summed E-state index contributed by atoms with van der Waals surface area (Å²) in [6, 6.07) is 0. The van der Waals surface area contributed by atoms with Gasteiger partial charge in [0.1, 0.15) is 0 Å². The summed E-state index contributed by atoms with van der Waals surface area (Å²) in [5.41, 5.74) is 4.23. The van der Waals surface area contributed by atoms with E-state index in [1.54, 1.807) is 0 Å². The molecule has 0 fully saturated rings. The van der Waals surface area contributed by atoms with E-state index in [1.807, 2.05) is 21.0 Å². The number of nitrogens with zero attached hydrogens (tertiary/aromatic N) is 2. The molecule has 4 nitrogen and oxygen atoms in total. The van der Waals surface area contributed by atoms with Crippen LogP contribution >= 0.6 is 8.58 Å². The van der Waals surface area contributed by atoms with Crippen LogP contribution in [0.15, 0.2) is 34.0 Å². The lowest BCUT2D eigenvalue weighted by atomic mass is 10.1. The van der Waals surface area contributed by atoms with Crippen molar-refractivity contribution in [2.45, 2.75) is 20.3 Å². The van der Waals surface area contributed by atoms with Crippen LogP contribution in [0.3, 0.4) is 0 Å². The summed E-state index contributed by atoms with van der Waals surface area (Å²) in [4.78, 5) is 8.37. The molecule has 0 spiro atoms. The standard InChI is InChI=1S/C13H24N3OP/c1-6-16-13(9-17)18-8-7-12(15-5)10(2)11(3)14-4/h6,14,17-18H,1,7-9H2,2-5H3/b11-10+,15-12-,16-13-. The van der Waals surface area contributed by atoms with Crippen molar-refractivity contribution in [2.75, 3.05) is 26.9 Å². The molecule has 0 saturated heterocycles. The van der Waals surface area contributed by atoms with E-state index in [0.29, 0.717) is 8.58 Å². The van der Waals surface area contributed by atoms with Crippen LogP contribution in [0.2, 0.25) is 0 Å². The molecule has 5 heteroatoms. The summed E-state index contributed by atoms with van der Waals surface area (Å²) >= 11 is 0. The first-order valence-electron chi connectivity index (χ1n) is 5.94. The smallest absolute Gasteiger partial charge is 0.0853 e. The Labute approximate surface area is 112 Å². The van der Waals surface area contributed by atoms with Crippen LogP contribution in [0, 0.1) is 0 Å². The minimum absolute atomic E-state index is 0.00737.